The van der Waals surface area contributed by atoms with Crippen molar-refractivity contribution in [1.29, 1.82) is 0 Å². The summed E-state index contributed by atoms with van der Waals surface area (Å²) in [7, 11) is -2.87. The topological polar surface area (TPSA) is 63.2 Å². The van der Waals surface area contributed by atoms with Gasteiger partial charge in [0, 0.05) is 12.5 Å². The molecule has 1 heterocycles. The van der Waals surface area contributed by atoms with Gasteiger partial charge in [0.15, 0.2) is 0 Å². The Hall–Kier alpha value is -1.36. The van der Waals surface area contributed by atoms with Crippen molar-refractivity contribution in [2.24, 2.45) is 0 Å². The molecule has 1 aromatic carbocycles. The summed E-state index contributed by atoms with van der Waals surface area (Å²) >= 11 is 0. The third kappa shape index (κ3) is 4.84. The number of nitrogens with one attached hydrogen (secondary N) is 1. The summed E-state index contributed by atoms with van der Waals surface area (Å²) in [5.41, 5.74) is 3.64. The highest BCUT2D eigenvalue weighted by atomic mass is 32.2. The number of rotatable bonds is 4. The molecule has 0 atom stereocenters. The highest BCUT2D eigenvalue weighted by Crippen LogP contribution is 2.14. The van der Waals surface area contributed by atoms with E-state index in [0.29, 0.717) is 19.3 Å². The zero-order valence-corrected chi connectivity index (χ0v) is 13.5. The molecule has 1 fully saturated rings. The highest BCUT2D eigenvalue weighted by molar-refractivity contribution is 7.91. The largest absolute Gasteiger partial charge is 0.353 e. The van der Waals surface area contributed by atoms with Crippen molar-refractivity contribution in [3.05, 3.63) is 34.9 Å². The second kappa shape index (κ2) is 6.60. The Kier molecular flexibility index (Phi) is 5.04. The normalized spacial score (nSPS) is 18.4. The fraction of sp³-hybridized carbons (Fsp3) is 0.562. The summed E-state index contributed by atoms with van der Waals surface area (Å²) in [5.74, 6) is 0.392. The zero-order valence-electron chi connectivity index (χ0n) is 12.7. The van der Waals surface area contributed by atoms with Crippen molar-refractivity contribution >= 4 is 15.7 Å². The van der Waals surface area contributed by atoms with Crippen LogP contribution < -0.4 is 5.32 Å². The van der Waals surface area contributed by atoms with Crippen LogP contribution in [-0.4, -0.2) is 31.9 Å². The first kappa shape index (κ1) is 16.0. The maximum absolute atomic E-state index is 12.0. The molecule has 1 aliphatic heterocycles. The zero-order chi connectivity index (χ0) is 15.5. The van der Waals surface area contributed by atoms with E-state index >= 15 is 0 Å². The first-order valence-corrected chi connectivity index (χ1v) is 9.24. The standard InChI is InChI=1S/C16H23NO3S/c1-12-3-4-14(13(2)11-12)5-6-16(18)17-15-7-9-21(19,20)10-8-15/h3-4,11,15H,5-10H2,1-2H3,(H,17,18). The van der Waals surface area contributed by atoms with Gasteiger partial charge in [-0.25, -0.2) is 8.42 Å². The number of carbonyl (C=O) groups excluding carboxylic acids is 1. The fourth-order valence-corrected chi connectivity index (χ4v) is 4.20. The molecule has 116 valence electrons. The van der Waals surface area contributed by atoms with Gasteiger partial charge in [-0.05, 0) is 44.2 Å². The van der Waals surface area contributed by atoms with Crippen LogP contribution in [0.2, 0.25) is 0 Å². The minimum absolute atomic E-state index is 0.0132. The molecule has 1 aliphatic rings. The summed E-state index contributed by atoms with van der Waals surface area (Å²) in [4.78, 5) is 12.0. The molecule has 0 bridgehead atoms. The molecule has 4 nitrogen and oxygen atoms in total. The van der Waals surface area contributed by atoms with Crippen LogP contribution in [0.5, 0.6) is 0 Å². The van der Waals surface area contributed by atoms with Crippen LogP contribution in [0.15, 0.2) is 18.2 Å². The maximum Gasteiger partial charge on any atom is 0.220 e. The lowest BCUT2D eigenvalue weighted by molar-refractivity contribution is -0.121. The molecule has 0 radical (unpaired) electrons. The first-order valence-electron chi connectivity index (χ1n) is 7.42. The van der Waals surface area contributed by atoms with Crippen LogP contribution in [0.4, 0.5) is 0 Å². The van der Waals surface area contributed by atoms with Gasteiger partial charge in [-0.3, -0.25) is 4.79 Å². The second-order valence-corrected chi connectivity index (χ2v) is 8.23. The van der Waals surface area contributed by atoms with Gasteiger partial charge in [0.25, 0.3) is 0 Å². The molecule has 21 heavy (non-hydrogen) atoms. The summed E-state index contributed by atoms with van der Waals surface area (Å²) < 4.78 is 22.7. The van der Waals surface area contributed by atoms with E-state index in [1.807, 2.05) is 0 Å². The number of hydrogen-bond acceptors (Lipinski definition) is 3. The number of aryl methyl sites for hydroxylation is 3. The summed E-state index contributed by atoms with van der Waals surface area (Å²) in [6.07, 6.45) is 2.26. The van der Waals surface area contributed by atoms with Gasteiger partial charge in [0.05, 0.1) is 11.5 Å². The Labute approximate surface area is 126 Å². The molecule has 5 heteroatoms. The molecule has 1 N–H and O–H groups in total. The molecule has 0 unspecified atom stereocenters. The maximum atomic E-state index is 12.0. The van der Waals surface area contributed by atoms with Crippen LogP contribution >= 0.6 is 0 Å². The Morgan fingerprint density at radius 2 is 1.90 bits per heavy atom. The van der Waals surface area contributed by atoms with E-state index in [-0.39, 0.29) is 23.5 Å². The van der Waals surface area contributed by atoms with Crippen molar-refractivity contribution < 1.29 is 13.2 Å². The molecule has 0 spiro atoms. The number of benzene rings is 1. The van der Waals surface area contributed by atoms with Gasteiger partial charge in [-0.2, -0.15) is 0 Å². The number of hydrogen-bond donors (Lipinski definition) is 1. The summed E-state index contributed by atoms with van der Waals surface area (Å²) in [6, 6.07) is 6.27. The smallest absolute Gasteiger partial charge is 0.220 e. The lowest BCUT2D eigenvalue weighted by Gasteiger charge is -2.23. The molecule has 1 amide bonds. The lowest BCUT2D eigenvalue weighted by Crippen LogP contribution is -2.40. The Morgan fingerprint density at radius 1 is 1.24 bits per heavy atom. The van der Waals surface area contributed by atoms with E-state index < -0.39 is 9.84 Å². The Bertz CT molecular complexity index is 608. The predicted octanol–water partition coefficient (Wildman–Crippen LogP) is 1.93. The Balaban J connectivity index is 1.80. The molecule has 2 rings (SSSR count). The van der Waals surface area contributed by atoms with Crippen molar-refractivity contribution in [2.45, 2.75) is 45.6 Å². The predicted molar refractivity (Wildman–Crippen MR) is 84.1 cm³/mol. The third-order valence-corrected chi connectivity index (χ3v) is 5.75. The van der Waals surface area contributed by atoms with Gasteiger partial charge < -0.3 is 5.32 Å². The second-order valence-electron chi connectivity index (χ2n) is 5.92. The van der Waals surface area contributed by atoms with E-state index in [4.69, 9.17) is 0 Å². The van der Waals surface area contributed by atoms with Gasteiger partial charge >= 0.3 is 0 Å². The van der Waals surface area contributed by atoms with E-state index in [2.05, 4.69) is 37.4 Å². The van der Waals surface area contributed by atoms with Gasteiger partial charge in [-0.15, -0.1) is 0 Å². The van der Waals surface area contributed by atoms with E-state index in [1.165, 1.54) is 16.7 Å². The molecular formula is C16H23NO3S. The van der Waals surface area contributed by atoms with Gasteiger partial charge in [-0.1, -0.05) is 23.8 Å². The first-order chi connectivity index (χ1) is 9.85. The SMILES string of the molecule is Cc1ccc(CCC(=O)NC2CCS(=O)(=O)CC2)c(C)c1. The third-order valence-electron chi connectivity index (χ3n) is 4.04. The number of sulfone groups is 1. The molecule has 1 saturated heterocycles. The number of amides is 1. The van der Waals surface area contributed by atoms with E-state index in [9.17, 15) is 13.2 Å². The monoisotopic (exact) mass is 309 g/mol. The quantitative estimate of drug-likeness (QED) is 0.924. The van der Waals surface area contributed by atoms with Crippen molar-refractivity contribution in [2.75, 3.05) is 11.5 Å². The van der Waals surface area contributed by atoms with Crippen molar-refractivity contribution in [1.82, 2.24) is 5.32 Å². The average molecular weight is 309 g/mol. The average Bonchev–Trinajstić information content (AvgIpc) is 2.40. The minimum Gasteiger partial charge on any atom is -0.353 e. The fourth-order valence-electron chi connectivity index (χ4n) is 2.71. The molecule has 0 aromatic heterocycles. The molecule has 0 saturated carbocycles. The van der Waals surface area contributed by atoms with Crippen LogP contribution in [-0.2, 0) is 21.1 Å². The van der Waals surface area contributed by atoms with Crippen LogP contribution in [0.1, 0.15) is 36.0 Å². The van der Waals surface area contributed by atoms with Crippen LogP contribution in [0.25, 0.3) is 0 Å². The van der Waals surface area contributed by atoms with E-state index in [1.54, 1.807) is 0 Å². The minimum atomic E-state index is -2.87. The van der Waals surface area contributed by atoms with Crippen molar-refractivity contribution in [3.8, 4) is 0 Å². The summed E-state index contributed by atoms with van der Waals surface area (Å²) in [5, 5.41) is 2.95. The molecular weight excluding hydrogens is 286 g/mol. The van der Waals surface area contributed by atoms with E-state index in [0.717, 1.165) is 6.42 Å². The molecule has 0 aliphatic carbocycles. The summed E-state index contributed by atoms with van der Waals surface area (Å²) in [6.45, 7) is 4.12. The van der Waals surface area contributed by atoms with Crippen molar-refractivity contribution in [3.63, 3.8) is 0 Å². The number of carbonyl (C=O) groups is 1. The van der Waals surface area contributed by atoms with Gasteiger partial charge in [0.1, 0.15) is 9.84 Å². The van der Waals surface area contributed by atoms with Crippen LogP contribution in [0.3, 0.4) is 0 Å². The Morgan fingerprint density at radius 3 is 2.52 bits per heavy atom. The highest BCUT2D eigenvalue weighted by Gasteiger charge is 2.24. The van der Waals surface area contributed by atoms with Gasteiger partial charge in [0.2, 0.25) is 5.91 Å². The lowest BCUT2D eigenvalue weighted by atomic mass is 10.0. The molecule has 1 aromatic rings. The van der Waals surface area contributed by atoms with Crippen LogP contribution in [0, 0.1) is 13.8 Å².